The molecule has 5 heteroatoms. The van der Waals surface area contributed by atoms with Gasteiger partial charge in [-0.05, 0) is 20.3 Å². The Balaban J connectivity index is 4.47. The van der Waals surface area contributed by atoms with Gasteiger partial charge in [0.15, 0.2) is 5.78 Å². The minimum Gasteiger partial charge on any atom is -0.297 e. The van der Waals surface area contributed by atoms with Gasteiger partial charge >= 0.3 is 0 Å². The van der Waals surface area contributed by atoms with Crippen molar-refractivity contribution in [3.63, 3.8) is 0 Å². The first-order valence-electron chi connectivity index (χ1n) is 4.36. The predicted molar refractivity (Wildman–Crippen MR) is 76.4 cm³/mol. The molecule has 0 heterocycles. The van der Waals surface area contributed by atoms with Crippen molar-refractivity contribution >= 4 is 69.5 Å². The number of alkyl halides is 4. The van der Waals surface area contributed by atoms with Crippen LogP contribution in [0.1, 0.15) is 27.2 Å². The van der Waals surface area contributed by atoms with Crippen molar-refractivity contribution in [2.24, 2.45) is 0 Å². The number of hydrogen-bond acceptors (Lipinski definition) is 1. The van der Waals surface area contributed by atoms with Gasteiger partial charge in [0.2, 0.25) is 0 Å². The zero-order valence-corrected chi connectivity index (χ0v) is 14.7. The Hall–Kier alpha value is 1.59. The van der Waals surface area contributed by atoms with E-state index in [1.165, 1.54) is 0 Å². The van der Waals surface area contributed by atoms with E-state index in [-0.39, 0.29) is 24.6 Å². The van der Waals surface area contributed by atoms with Crippen molar-refractivity contribution in [3.8, 4) is 0 Å². The molecule has 0 aromatic rings. The molecule has 0 amide bonds. The summed E-state index contributed by atoms with van der Waals surface area (Å²) in [6.45, 7) is 5.99. The van der Waals surface area contributed by atoms with Gasteiger partial charge in [0.1, 0.15) is 0 Å². The Morgan fingerprint density at radius 2 is 1.71 bits per heavy atom. The highest BCUT2D eigenvalue weighted by atomic mass is 79.9. The van der Waals surface area contributed by atoms with Gasteiger partial charge in [-0.1, -0.05) is 70.6 Å². The van der Waals surface area contributed by atoms with Gasteiger partial charge in [-0.25, -0.2) is 0 Å². The number of ketones is 1. The maximum absolute atomic E-state index is 11.9. The van der Waals surface area contributed by atoms with Gasteiger partial charge in [0.05, 0.1) is 9.65 Å². The summed E-state index contributed by atoms with van der Waals surface area (Å²) in [6, 6.07) is 0. The highest BCUT2D eigenvalue weighted by Crippen LogP contribution is 2.31. The van der Waals surface area contributed by atoms with Gasteiger partial charge in [0, 0.05) is 9.15 Å². The summed E-state index contributed by atoms with van der Waals surface area (Å²) in [5.74, 6) is 0.163. The van der Waals surface area contributed by atoms with Crippen LogP contribution >= 0.6 is 63.7 Å². The first-order valence-corrected chi connectivity index (χ1v) is 7.90. The van der Waals surface area contributed by atoms with Crippen molar-refractivity contribution in [2.75, 3.05) is 0 Å². The number of rotatable bonds is 5. The fourth-order valence-electron chi connectivity index (χ4n) is 0.863. The molecule has 0 aliphatic heterocycles. The van der Waals surface area contributed by atoms with E-state index >= 15 is 0 Å². The van der Waals surface area contributed by atoms with E-state index < -0.39 is 0 Å². The van der Waals surface area contributed by atoms with E-state index in [4.69, 9.17) is 0 Å². The van der Waals surface area contributed by atoms with E-state index in [2.05, 4.69) is 63.7 Å². The van der Waals surface area contributed by atoms with Crippen LogP contribution in [0.2, 0.25) is 0 Å². The van der Waals surface area contributed by atoms with Crippen molar-refractivity contribution < 1.29 is 4.79 Å². The molecule has 3 unspecified atom stereocenters. The largest absolute Gasteiger partial charge is 0.297 e. The summed E-state index contributed by atoms with van der Waals surface area (Å²) < 4.78 is -0.226. The maximum Gasteiger partial charge on any atom is 0.162 e. The molecule has 0 N–H and O–H groups in total. The summed E-state index contributed by atoms with van der Waals surface area (Å²) in [7, 11) is 0. The Morgan fingerprint density at radius 3 is 2.00 bits per heavy atom. The second-order valence-electron chi connectivity index (χ2n) is 3.66. The van der Waals surface area contributed by atoms with Crippen LogP contribution in [0.4, 0.5) is 0 Å². The lowest BCUT2D eigenvalue weighted by Crippen LogP contribution is -2.39. The molecule has 14 heavy (non-hydrogen) atoms. The van der Waals surface area contributed by atoms with E-state index in [0.29, 0.717) is 0 Å². The fraction of sp³-hybridized carbons (Fsp3) is 0.889. The molecular formula is C9H14Br4O. The Morgan fingerprint density at radius 1 is 1.29 bits per heavy atom. The predicted octanol–water partition coefficient (Wildman–Crippen LogP) is 4.43. The van der Waals surface area contributed by atoms with Crippen LogP contribution in [-0.4, -0.2) is 24.6 Å². The third-order valence-electron chi connectivity index (χ3n) is 1.83. The lowest BCUT2D eigenvalue weighted by atomic mass is 10.0. The SMILES string of the molecule is CCC(Br)C(Br)C(=O)C(Br)C(C)(C)Br. The maximum atomic E-state index is 11.9. The molecule has 0 saturated carbocycles. The average molecular weight is 458 g/mol. The normalized spacial score (nSPS) is 18.8. The van der Waals surface area contributed by atoms with Gasteiger partial charge in [-0.15, -0.1) is 0 Å². The molecule has 0 radical (unpaired) electrons. The van der Waals surface area contributed by atoms with Crippen LogP contribution in [0.15, 0.2) is 0 Å². The van der Waals surface area contributed by atoms with Gasteiger partial charge in [-0.3, -0.25) is 4.79 Å². The highest BCUT2D eigenvalue weighted by molar-refractivity contribution is 9.13. The van der Waals surface area contributed by atoms with Crippen molar-refractivity contribution in [1.82, 2.24) is 0 Å². The van der Waals surface area contributed by atoms with Crippen LogP contribution in [0.25, 0.3) is 0 Å². The molecule has 0 aliphatic carbocycles. The fourth-order valence-corrected chi connectivity index (χ4v) is 2.63. The van der Waals surface area contributed by atoms with Crippen molar-refractivity contribution in [2.45, 2.75) is 46.0 Å². The summed E-state index contributed by atoms with van der Waals surface area (Å²) in [5, 5.41) is 0. The summed E-state index contributed by atoms with van der Waals surface area (Å²) in [5.41, 5.74) is 0. The zero-order chi connectivity index (χ0) is 11.5. The van der Waals surface area contributed by atoms with Crippen LogP contribution < -0.4 is 0 Å². The van der Waals surface area contributed by atoms with Crippen molar-refractivity contribution in [1.29, 1.82) is 0 Å². The highest BCUT2D eigenvalue weighted by Gasteiger charge is 2.35. The molecule has 0 aromatic heterocycles. The molecule has 0 fully saturated rings. The third-order valence-corrected chi connectivity index (χ3v) is 7.47. The molecule has 0 aliphatic rings. The van der Waals surface area contributed by atoms with Crippen molar-refractivity contribution in [3.05, 3.63) is 0 Å². The first-order chi connectivity index (χ1) is 6.21. The average Bonchev–Trinajstić information content (AvgIpc) is 2.11. The summed E-state index contributed by atoms with van der Waals surface area (Å²) in [6.07, 6.45) is 0.921. The molecular weight excluding hydrogens is 444 g/mol. The second-order valence-corrected chi connectivity index (χ2v) is 8.78. The number of Topliss-reactive ketones (excluding diaryl/α,β-unsaturated/α-hetero) is 1. The lowest BCUT2D eigenvalue weighted by Gasteiger charge is -2.25. The molecule has 0 rings (SSSR count). The number of hydrogen-bond donors (Lipinski definition) is 0. The third kappa shape index (κ3) is 4.62. The molecule has 0 bridgehead atoms. The van der Waals surface area contributed by atoms with E-state index in [1.807, 2.05) is 20.8 Å². The molecule has 0 aromatic carbocycles. The molecule has 84 valence electrons. The van der Waals surface area contributed by atoms with E-state index in [1.54, 1.807) is 0 Å². The topological polar surface area (TPSA) is 17.1 Å². The van der Waals surface area contributed by atoms with Gasteiger partial charge < -0.3 is 0 Å². The Bertz CT molecular complexity index is 199. The minimum absolute atomic E-state index is 0.145. The molecule has 1 nitrogen and oxygen atoms in total. The van der Waals surface area contributed by atoms with Crippen LogP contribution in [0.3, 0.4) is 0 Å². The van der Waals surface area contributed by atoms with Crippen LogP contribution in [0.5, 0.6) is 0 Å². The number of carbonyl (C=O) groups is 1. The summed E-state index contributed by atoms with van der Waals surface area (Å²) in [4.78, 5) is 11.8. The van der Waals surface area contributed by atoms with E-state index in [9.17, 15) is 4.79 Å². The van der Waals surface area contributed by atoms with Crippen LogP contribution in [-0.2, 0) is 4.79 Å². The first kappa shape index (κ1) is 15.6. The lowest BCUT2D eigenvalue weighted by molar-refractivity contribution is -0.118. The standard InChI is InChI=1S/C9H14Br4O/c1-4-5(10)6(11)7(14)8(12)9(2,3)13/h5-6,8H,4H2,1-3H3. The number of carbonyl (C=O) groups excluding carboxylic acids is 1. The Kier molecular flexibility index (Phi) is 7.08. The molecule has 0 spiro atoms. The minimum atomic E-state index is -0.226. The van der Waals surface area contributed by atoms with E-state index in [0.717, 1.165) is 6.42 Å². The monoisotopic (exact) mass is 454 g/mol. The summed E-state index contributed by atoms with van der Waals surface area (Å²) >= 11 is 13.8. The Labute approximate surface area is 119 Å². The number of halogens is 4. The van der Waals surface area contributed by atoms with Crippen LogP contribution in [0, 0.1) is 0 Å². The van der Waals surface area contributed by atoms with Gasteiger partial charge in [-0.2, -0.15) is 0 Å². The zero-order valence-electron chi connectivity index (χ0n) is 8.36. The second kappa shape index (κ2) is 6.36. The van der Waals surface area contributed by atoms with Gasteiger partial charge in [0.25, 0.3) is 0 Å². The quantitative estimate of drug-likeness (QED) is 0.558. The molecule has 3 atom stereocenters. The molecule has 0 saturated heterocycles. The smallest absolute Gasteiger partial charge is 0.162 e.